The fourth-order valence-corrected chi connectivity index (χ4v) is 2.11. The zero-order valence-electron chi connectivity index (χ0n) is 10.7. The molecule has 1 N–H and O–H groups in total. The van der Waals surface area contributed by atoms with E-state index in [1.165, 1.54) is 6.07 Å². The van der Waals surface area contributed by atoms with Crippen molar-refractivity contribution < 1.29 is 14.7 Å². The lowest BCUT2D eigenvalue weighted by Gasteiger charge is -2.05. The van der Waals surface area contributed by atoms with E-state index < -0.39 is 5.97 Å². The van der Waals surface area contributed by atoms with Crippen molar-refractivity contribution in [1.82, 2.24) is 0 Å². The molecule has 0 unspecified atom stereocenters. The van der Waals surface area contributed by atoms with Crippen LogP contribution in [0.3, 0.4) is 0 Å². The van der Waals surface area contributed by atoms with Crippen LogP contribution in [0, 0.1) is 0 Å². The van der Waals surface area contributed by atoms with Gasteiger partial charge in [0.2, 0.25) is 0 Å². The van der Waals surface area contributed by atoms with E-state index in [9.17, 15) is 9.59 Å². The van der Waals surface area contributed by atoms with Gasteiger partial charge in [-0.15, -0.1) is 0 Å². The molecule has 0 bridgehead atoms. The number of benzene rings is 2. The van der Waals surface area contributed by atoms with Gasteiger partial charge in [-0.05, 0) is 29.3 Å². The maximum atomic E-state index is 12.0. The molecule has 0 aromatic heterocycles. The Balaban J connectivity index is 2.08. The van der Waals surface area contributed by atoms with Crippen molar-refractivity contribution in [1.29, 1.82) is 0 Å². The van der Waals surface area contributed by atoms with E-state index >= 15 is 0 Å². The van der Waals surface area contributed by atoms with E-state index in [4.69, 9.17) is 16.7 Å². The number of halogens is 1. The Bertz CT molecular complexity index is 632. The van der Waals surface area contributed by atoms with Crippen molar-refractivity contribution in [2.24, 2.45) is 0 Å². The summed E-state index contributed by atoms with van der Waals surface area (Å²) in [5, 5.41) is 9.70. The van der Waals surface area contributed by atoms with Crippen molar-refractivity contribution in [2.75, 3.05) is 0 Å². The first kappa shape index (κ1) is 14.3. The summed E-state index contributed by atoms with van der Waals surface area (Å²) in [5.41, 5.74) is 1.59. The zero-order chi connectivity index (χ0) is 14.5. The Kier molecular flexibility index (Phi) is 4.53. The quantitative estimate of drug-likeness (QED) is 0.917. The first-order valence-electron chi connectivity index (χ1n) is 6.13. The lowest BCUT2D eigenvalue weighted by molar-refractivity contribution is -0.117. The predicted octanol–water partition coefficient (Wildman–Crippen LogP) is 3.39. The van der Waals surface area contributed by atoms with E-state index in [1.54, 1.807) is 42.5 Å². The number of ketones is 1. The van der Waals surface area contributed by atoms with Crippen LogP contribution in [0.2, 0.25) is 5.02 Å². The normalized spacial score (nSPS) is 10.2. The van der Waals surface area contributed by atoms with Crippen LogP contribution in [-0.2, 0) is 17.6 Å². The molecular formula is C16H13ClO3. The van der Waals surface area contributed by atoms with Gasteiger partial charge in [0.25, 0.3) is 0 Å². The molecule has 2 aromatic rings. The Morgan fingerprint density at radius 2 is 1.60 bits per heavy atom. The summed E-state index contributed by atoms with van der Waals surface area (Å²) < 4.78 is 0. The zero-order valence-corrected chi connectivity index (χ0v) is 11.4. The van der Waals surface area contributed by atoms with Gasteiger partial charge in [0.1, 0.15) is 5.78 Å². The Morgan fingerprint density at radius 1 is 0.950 bits per heavy atom. The molecule has 20 heavy (non-hydrogen) atoms. The SMILES string of the molecule is O=C(Cc1ccc(Cl)cc1)Cc1ccccc1C(=O)O. The number of aromatic carboxylic acids is 1. The van der Waals surface area contributed by atoms with Crippen molar-refractivity contribution in [3.63, 3.8) is 0 Å². The van der Waals surface area contributed by atoms with E-state index in [0.717, 1.165) is 5.56 Å². The highest BCUT2D eigenvalue weighted by Crippen LogP contribution is 2.13. The number of carboxylic acids is 1. The van der Waals surface area contributed by atoms with Gasteiger partial charge >= 0.3 is 5.97 Å². The van der Waals surface area contributed by atoms with Gasteiger partial charge in [-0.1, -0.05) is 41.9 Å². The van der Waals surface area contributed by atoms with Crippen LogP contribution in [0.1, 0.15) is 21.5 Å². The highest BCUT2D eigenvalue weighted by molar-refractivity contribution is 6.30. The molecule has 102 valence electrons. The molecule has 0 fully saturated rings. The van der Waals surface area contributed by atoms with E-state index in [1.807, 2.05) is 0 Å². The minimum absolute atomic E-state index is 0.0268. The maximum Gasteiger partial charge on any atom is 0.335 e. The first-order valence-corrected chi connectivity index (χ1v) is 6.51. The van der Waals surface area contributed by atoms with Crippen LogP contribution in [-0.4, -0.2) is 16.9 Å². The number of Topliss-reactive ketones (excluding diaryl/α,β-unsaturated/α-hetero) is 1. The standard InChI is InChI=1S/C16H13ClO3/c17-13-7-5-11(6-8-13)9-14(18)10-12-3-1-2-4-15(12)16(19)20/h1-8H,9-10H2,(H,19,20). The van der Waals surface area contributed by atoms with Crippen LogP contribution in [0.4, 0.5) is 0 Å². The number of rotatable bonds is 5. The summed E-state index contributed by atoms with van der Waals surface area (Å²) >= 11 is 5.78. The minimum Gasteiger partial charge on any atom is -0.478 e. The molecule has 0 radical (unpaired) electrons. The molecule has 4 heteroatoms. The highest BCUT2D eigenvalue weighted by Gasteiger charge is 2.12. The molecule has 0 heterocycles. The lowest BCUT2D eigenvalue weighted by Crippen LogP contribution is -2.10. The van der Waals surface area contributed by atoms with Gasteiger partial charge in [-0.3, -0.25) is 4.79 Å². The van der Waals surface area contributed by atoms with Crippen molar-refractivity contribution in [3.05, 3.63) is 70.2 Å². The summed E-state index contributed by atoms with van der Waals surface area (Å²) in [7, 11) is 0. The fourth-order valence-electron chi connectivity index (χ4n) is 1.99. The van der Waals surface area contributed by atoms with Gasteiger partial charge < -0.3 is 5.11 Å². The summed E-state index contributed by atoms with van der Waals surface area (Å²) in [4.78, 5) is 23.1. The van der Waals surface area contributed by atoms with Crippen molar-refractivity contribution in [3.8, 4) is 0 Å². The maximum absolute atomic E-state index is 12.0. The van der Waals surface area contributed by atoms with Crippen LogP contribution in [0.15, 0.2) is 48.5 Å². The minimum atomic E-state index is -1.01. The Morgan fingerprint density at radius 3 is 2.25 bits per heavy atom. The van der Waals surface area contributed by atoms with E-state index in [-0.39, 0.29) is 24.2 Å². The van der Waals surface area contributed by atoms with Gasteiger partial charge in [-0.2, -0.15) is 0 Å². The molecule has 0 saturated heterocycles. The van der Waals surface area contributed by atoms with E-state index in [0.29, 0.717) is 10.6 Å². The van der Waals surface area contributed by atoms with Gasteiger partial charge in [0.05, 0.1) is 5.56 Å². The summed E-state index contributed by atoms with van der Waals surface area (Å²) in [6.07, 6.45) is 0.385. The summed E-state index contributed by atoms with van der Waals surface area (Å²) in [6, 6.07) is 13.6. The molecule has 0 aliphatic heterocycles. The van der Waals surface area contributed by atoms with Crippen LogP contribution >= 0.6 is 11.6 Å². The van der Waals surface area contributed by atoms with Crippen molar-refractivity contribution >= 4 is 23.4 Å². The van der Waals surface area contributed by atoms with Crippen LogP contribution in [0.25, 0.3) is 0 Å². The molecule has 0 amide bonds. The number of carboxylic acid groups (broad SMARTS) is 1. The summed E-state index contributed by atoms with van der Waals surface area (Å²) in [5.74, 6) is -1.04. The van der Waals surface area contributed by atoms with Gasteiger partial charge in [0, 0.05) is 17.9 Å². The third kappa shape index (κ3) is 3.68. The molecule has 0 saturated carbocycles. The van der Waals surface area contributed by atoms with Crippen LogP contribution < -0.4 is 0 Å². The fraction of sp³-hybridized carbons (Fsp3) is 0.125. The third-order valence-electron chi connectivity index (χ3n) is 2.95. The number of hydrogen-bond acceptors (Lipinski definition) is 2. The predicted molar refractivity (Wildman–Crippen MR) is 77.3 cm³/mol. The molecular weight excluding hydrogens is 276 g/mol. The van der Waals surface area contributed by atoms with Gasteiger partial charge in [-0.25, -0.2) is 4.79 Å². The molecule has 0 aliphatic rings. The Hall–Kier alpha value is -2.13. The largest absolute Gasteiger partial charge is 0.478 e. The number of hydrogen-bond donors (Lipinski definition) is 1. The second-order valence-electron chi connectivity index (χ2n) is 4.48. The molecule has 0 spiro atoms. The van der Waals surface area contributed by atoms with Crippen molar-refractivity contribution in [2.45, 2.75) is 12.8 Å². The third-order valence-corrected chi connectivity index (χ3v) is 3.20. The van der Waals surface area contributed by atoms with Crippen LogP contribution in [0.5, 0.6) is 0 Å². The molecule has 3 nitrogen and oxygen atoms in total. The first-order chi connectivity index (χ1) is 9.56. The monoisotopic (exact) mass is 288 g/mol. The molecule has 0 atom stereocenters. The summed E-state index contributed by atoms with van der Waals surface area (Å²) in [6.45, 7) is 0. The van der Waals surface area contributed by atoms with E-state index in [2.05, 4.69) is 0 Å². The number of carbonyl (C=O) groups is 2. The topological polar surface area (TPSA) is 54.4 Å². The second-order valence-corrected chi connectivity index (χ2v) is 4.92. The Labute approximate surface area is 121 Å². The molecule has 2 aromatic carbocycles. The lowest BCUT2D eigenvalue weighted by atomic mass is 9.99. The molecule has 2 rings (SSSR count). The second kappa shape index (κ2) is 6.35. The molecule has 0 aliphatic carbocycles. The average molecular weight is 289 g/mol. The van der Waals surface area contributed by atoms with Gasteiger partial charge in [0.15, 0.2) is 0 Å². The number of carbonyl (C=O) groups excluding carboxylic acids is 1. The highest BCUT2D eigenvalue weighted by atomic mass is 35.5. The smallest absolute Gasteiger partial charge is 0.335 e. The average Bonchev–Trinajstić information content (AvgIpc) is 2.41.